The highest BCUT2D eigenvalue weighted by molar-refractivity contribution is 5.81. The second kappa shape index (κ2) is 8.55. The van der Waals surface area contributed by atoms with Crippen molar-refractivity contribution in [1.29, 1.82) is 5.26 Å². The largest absolute Gasteiger partial charge is 0.490 e. The number of rotatable bonds is 3. The standard InChI is InChI=1S/C10H17N3O2.C2HF3O2/c1-3-7(2)9(12)10(14)13-8(6-11)4-5-15-13;3-2(4,5)1(6)7/h7-9H,3-5,12H2,1-2H3;(H,6,7)/t7?,8?,9-;/m0./s1. The molecule has 0 aromatic rings. The van der Waals surface area contributed by atoms with E-state index in [-0.39, 0.29) is 11.8 Å². The molecule has 1 fully saturated rings. The highest BCUT2D eigenvalue weighted by Gasteiger charge is 2.38. The molecule has 2 unspecified atom stereocenters. The van der Waals surface area contributed by atoms with Gasteiger partial charge in [-0.05, 0) is 5.92 Å². The van der Waals surface area contributed by atoms with Crippen molar-refractivity contribution in [3.8, 4) is 6.07 Å². The van der Waals surface area contributed by atoms with Gasteiger partial charge in [0.1, 0.15) is 6.04 Å². The summed E-state index contributed by atoms with van der Waals surface area (Å²) in [6, 6.07) is 0.973. The zero-order valence-electron chi connectivity index (χ0n) is 12.1. The van der Waals surface area contributed by atoms with E-state index in [1.165, 1.54) is 0 Å². The Hall–Kier alpha value is -1.86. The molecular weight excluding hydrogens is 307 g/mol. The molecule has 3 N–H and O–H groups in total. The third kappa shape index (κ3) is 5.87. The van der Waals surface area contributed by atoms with Gasteiger partial charge in [0.25, 0.3) is 5.91 Å². The van der Waals surface area contributed by atoms with Gasteiger partial charge in [0.15, 0.2) is 0 Å². The van der Waals surface area contributed by atoms with Crippen molar-refractivity contribution in [2.45, 2.75) is 44.9 Å². The van der Waals surface area contributed by atoms with E-state index in [1.54, 1.807) is 0 Å². The lowest BCUT2D eigenvalue weighted by Crippen LogP contribution is -2.47. The van der Waals surface area contributed by atoms with Gasteiger partial charge in [-0.15, -0.1) is 0 Å². The van der Waals surface area contributed by atoms with Crippen molar-refractivity contribution in [1.82, 2.24) is 5.06 Å². The third-order valence-electron chi connectivity index (χ3n) is 3.06. The van der Waals surface area contributed by atoms with Crippen LogP contribution in [-0.2, 0) is 14.4 Å². The van der Waals surface area contributed by atoms with Gasteiger partial charge in [0.2, 0.25) is 0 Å². The Morgan fingerprint density at radius 3 is 2.41 bits per heavy atom. The number of amides is 1. The number of hydrogen-bond acceptors (Lipinski definition) is 5. The maximum Gasteiger partial charge on any atom is 0.490 e. The van der Waals surface area contributed by atoms with E-state index in [0.717, 1.165) is 11.5 Å². The Kier molecular flexibility index (Phi) is 7.83. The van der Waals surface area contributed by atoms with E-state index in [9.17, 15) is 18.0 Å². The Bertz CT molecular complexity index is 436. The predicted molar refractivity (Wildman–Crippen MR) is 67.9 cm³/mol. The second-order valence-corrected chi connectivity index (χ2v) is 4.65. The van der Waals surface area contributed by atoms with Crippen molar-refractivity contribution in [3.05, 3.63) is 0 Å². The lowest BCUT2D eigenvalue weighted by Gasteiger charge is -2.24. The van der Waals surface area contributed by atoms with E-state index in [1.807, 2.05) is 19.9 Å². The fourth-order valence-corrected chi connectivity index (χ4v) is 1.45. The number of alkyl halides is 3. The maximum absolute atomic E-state index is 11.8. The van der Waals surface area contributed by atoms with Gasteiger partial charge in [-0.1, -0.05) is 20.3 Å². The first-order chi connectivity index (χ1) is 10.1. The lowest BCUT2D eigenvalue weighted by atomic mass is 9.99. The molecule has 1 saturated heterocycles. The van der Waals surface area contributed by atoms with Crippen LogP contribution >= 0.6 is 0 Å². The topological polar surface area (TPSA) is 117 Å². The molecule has 0 saturated carbocycles. The molecule has 0 aliphatic carbocycles. The summed E-state index contributed by atoms with van der Waals surface area (Å²) >= 11 is 0. The summed E-state index contributed by atoms with van der Waals surface area (Å²) in [7, 11) is 0. The maximum atomic E-state index is 11.8. The van der Waals surface area contributed by atoms with E-state index >= 15 is 0 Å². The molecule has 7 nitrogen and oxygen atoms in total. The molecule has 3 atom stereocenters. The Morgan fingerprint density at radius 1 is 1.55 bits per heavy atom. The fourth-order valence-electron chi connectivity index (χ4n) is 1.45. The van der Waals surface area contributed by atoms with Crippen LogP contribution in [0.5, 0.6) is 0 Å². The number of hydrogen-bond donors (Lipinski definition) is 2. The smallest absolute Gasteiger partial charge is 0.475 e. The second-order valence-electron chi connectivity index (χ2n) is 4.65. The number of carbonyl (C=O) groups excluding carboxylic acids is 1. The van der Waals surface area contributed by atoms with Crippen LogP contribution in [0.3, 0.4) is 0 Å². The number of carboxylic acid groups (broad SMARTS) is 1. The summed E-state index contributed by atoms with van der Waals surface area (Å²) in [6.45, 7) is 4.31. The molecule has 1 amide bonds. The van der Waals surface area contributed by atoms with Crippen LogP contribution < -0.4 is 5.73 Å². The van der Waals surface area contributed by atoms with Gasteiger partial charge >= 0.3 is 12.1 Å². The molecule has 10 heteroatoms. The number of hydroxylamine groups is 2. The molecule has 0 spiro atoms. The average molecular weight is 325 g/mol. The van der Waals surface area contributed by atoms with Crippen LogP contribution in [0.15, 0.2) is 0 Å². The number of nitrogens with two attached hydrogens (primary N) is 1. The monoisotopic (exact) mass is 325 g/mol. The van der Waals surface area contributed by atoms with Gasteiger partial charge in [-0.25, -0.2) is 9.86 Å². The van der Waals surface area contributed by atoms with Crippen molar-refractivity contribution < 1.29 is 32.7 Å². The summed E-state index contributed by atoms with van der Waals surface area (Å²) in [4.78, 5) is 25.9. The van der Waals surface area contributed by atoms with Crippen LogP contribution in [0.2, 0.25) is 0 Å². The molecule has 0 aromatic heterocycles. The SMILES string of the molecule is CCC(C)[C@H](N)C(=O)N1OCCC1C#N.O=C(O)C(F)(F)F. The zero-order valence-corrected chi connectivity index (χ0v) is 12.1. The van der Waals surface area contributed by atoms with Gasteiger partial charge in [-0.2, -0.15) is 18.4 Å². The van der Waals surface area contributed by atoms with Gasteiger partial charge in [0.05, 0.1) is 18.7 Å². The summed E-state index contributed by atoms with van der Waals surface area (Å²) < 4.78 is 31.7. The Morgan fingerprint density at radius 2 is 2.05 bits per heavy atom. The lowest BCUT2D eigenvalue weighted by molar-refractivity contribution is -0.192. The highest BCUT2D eigenvalue weighted by Crippen LogP contribution is 2.17. The molecule has 0 aromatic carbocycles. The van der Waals surface area contributed by atoms with Gasteiger partial charge in [-0.3, -0.25) is 9.63 Å². The molecule has 0 radical (unpaired) electrons. The van der Waals surface area contributed by atoms with Crippen molar-refractivity contribution in [2.75, 3.05) is 6.61 Å². The van der Waals surface area contributed by atoms with E-state index in [0.29, 0.717) is 13.0 Å². The highest BCUT2D eigenvalue weighted by atomic mass is 19.4. The number of halogens is 3. The first-order valence-electron chi connectivity index (χ1n) is 6.47. The number of nitriles is 1. The molecule has 1 heterocycles. The summed E-state index contributed by atoms with van der Waals surface area (Å²) in [5.74, 6) is -2.94. The molecule has 1 rings (SSSR count). The van der Waals surface area contributed by atoms with Crippen LogP contribution in [0.25, 0.3) is 0 Å². The Labute approximate surface area is 125 Å². The van der Waals surface area contributed by atoms with Crippen LogP contribution in [-0.4, -0.2) is 46.9 Å². The van der Waals surface area contributed by atoms with E-state index in [2.05, 4.69) is 0 Å². The van der Waals surface area contributed by atoms with Gasteiger partial charge in [0, 0.05) is 6.42 Å². The number of carboxylic acids is 1. The van der Waals surface area contributed by atoms with Crippen molar-refractivity contribution >= 4 is 11.9 Å². The molecule has 22 heavy (non-hydrogen) atoms. The van der Waals surface area contributed by atoms with Crippen molar-refractivity contribution in [3.63, 3.8) is 0 Å². The quantitative estimate of drug-likeness (QED) is 0.801. The minimum Gasteiger partial charge on any atom is -0.475 e. The average Bonchev–Trinajstić information content (AvgIpc) is 2.92. The van der Waals surface area contributed by atoms with E-state index < -0.39 is 24.2 Å². The minimum absolute atomic E-state index is 0.0982. The van der Waals surface area contributed by atoms with Crippen molar-refractivity contribution in [2.24, 2.45) is 11.7 Å². The summed E-state index contributed by atoms with van der Waals surface area (Å²) in [5, 5.41) is 17.1. The summed E-state index contributed by atoms with van der Waals surface area (Å²) in [5.41, 5.74) is 5.79. The van der Waals surface area contributed by atoms with Crippen LogP contribution in [0, 0.1) is 17.2 Å². The van der Waals surface area contributed by atoms with Crippen LogP contribution in [0.1, 0.15) is 26.7 Å². The first-order valence-corrected chi connectivity index (χ1v) is 6.47. The Balaban J connectivity index is 0.000000534. The predicted octanol–water partition coefficient (Wildman–Crippen LogP) is 1.05. The van der Waals surface area contributed by atoms with Crippen LogP contribution in [0.4, 0.5) is 13.2 Å². The zero-order chi connectivity index (χ0) is 17.5. The molecular formula is C12H18F3N3O4. The first kappa shape index (κ1) is 20.1. The third-order valence-corrected chi connectivity index (χ3v) is 3.06. The van der Waals surface area contributed by atoms with Gasteiger partial charge < -0.3 is 10.8 Å². The summed E-state index contributed by atoms with van der Waals surface area (Å²) in [6.07, 6.45) is -3.69. The fraction of sp³-hybridized carbons (Fsp3) is 0.750. The molecule has 1 aliphatic heterocycles. The minimum atomic E-state index is -5.08. The number of carbonyl (C=O) groups is 2. The van der Waals surface area contributed by atoms with E-state index in [4.69, 9.17) is 25.7 Å². The molecule has 126 valence electrons. The molecule has 1 aliphatic rings. The number of aliphatic carboxylic acids is 1. The normalized spacial score (nSPS) is 20.4. The number of nitrogens with zero attached hydrogens (tertiary/aromatic N) is 2. The molecule has 0 bridgehead atoms.